The summed E-state index contributed by atoms with van der Waals surface area (Å²) in [5.41, 5.74) is 0.877. The average Bonchev–Trinajstić information content (AvgIpc) is 3.16. The third kappa shape index (κ3) is 4.92. The van der Waals surface area contributed by atoms with E-state index in [0.717, 1.165) is 18.2 Å². The van der Waals surface area contributed by atoms with Crippen LogP contribution in [0.15, 0.2) is 24.3 Å². The van der Waals surface area contributed by atoms with Crippen molar-refractivity contribution in [1.82, 2.24) is 10.2 Å². The minimum Gasteiger partial charge on any atom is -0.335 e. The summed E-state index contributed by atoms with van der Waals surface area (Å²) in [6, 6.07) is 5.71. The molecule has 128 valence electrons. The molecule has 2 rings (SSSR count). The minimum atomic E-state index is -3.15. The van der Waals surface area contributed by atoms with Gasteiger partial charge >= 0.3 is 6.03 Å². The van der Waals surface area contributed by atoms with E-state index in [1.165, 1.54) is 17.0 Å². The van der Waals surface area contributed by atoms with Crippen LogP contribution >= 0.6 is 0 Å². The molecule has 7 heteroatoms. The van der Waals surface area contributed by atoms with Crippen LogP contribution in [-0.2, 0) is 9.84 Å². The van der Waals surface area contributed by atoms with E-state index in [9.17, 15) is 17.6 Å². The Labute approximate surface area is 136 Å². The summed E-state index contributed by atoms with van der Waals surface area (Å²) in [7, 11) is -3.15. The van der Waals surface area contributed by atoms with E-state index in [2.05, 4.69) is 5.32 Å². The number of benzene rings is 1. The Kier molecular flexibility index (Phi) is 5.29. The predicted octanol–water partition coefficient (Wildman–Crippen LogP) is 2.15. The summed E-state index contributed by atoms with van der Waals surface area (Å²) in [6.07, 6.45) is 1.93. The zero-order valence-corrected chi connectivity index (χ0v) is 14.4. The molecule has 1 aromatic carbocycles. The van der Waals surface area contributed by atoms with Crippen LogP contribution in [0.4, 0.5) is 9.18 Å². The SMILES string of the molecule is CCN(C(=O)NC1CC1c1cccc(F)c1)C(C)CS(C)(=O)=O. The van der Waals surface area contributed by atoms with Gasteiger partial charge in [-0.25, -0.2) is 17.6 Å². The standard InChI is InChI=1S/C16H23FN2O3S/c1-4-19(11(2)10-23(3,21)22)16(20)18-15-9-14(15)12-6-5-7-13(17)8-12/h5-8,11,14-15H,4,9-10H2,1-3H3,(H,18,20). The van der Waals surface area contributed by atoms with Crippen molar-refractivity contribution in [3.05, 3.63) is 35.6 Å². The lowest BCUT2D eigenvalue weighted by atomic mass is 10.1. The number of carbonyl (C=O) groups is 1. The largest absolute Gasteiger partial charge is 0.335 e. The molecule has 0 bridgehead atoms. The quantitative estimate of drug-likeness (QED) is 0.861. The van der Waals surface area contributed by atoms with Crippen LogP contribution in [0.25, 0.3) is 0 Å². The van der Waals surface area contributed by atoms with Crippen LogP contribution < -0.4 is 5.32 Å². The molecule has 0 saturated heterocycles. The molecule has 23 heavy (non-hydrogen) atoms. The summed E-state index contributed by atoms with van der Waals surface area (Å²) in [5, 5.41) is 2.91. The van der Waals surface area contributed by atoms with E-state index in [-0.39, 0.29) is 35.6 Å². The molecular weight excluding hydrogens is 319 g/mol. The number of carbonyl (C=O) groups excluding carboxylic acids is 1. The van der Waals surface area contributed by atoms with Gasteiger partial charge in [0.1, 0.15) is 15.7 Å². The number of halogens is 1. The minimum absolute atomic E-state index is 0.0243. The second kappa shape index (κ2) is 6.86. The first-order valence-electron chi connectivity index (χ1n) is 7.71. The monoisotopic (exact) mass is 342 g/mol. The Morgan fingerprint density at radius 2 is 2.17 bits per heavy atom. The van der Waals surface area contributed by atoms with E-state index in [0.29, 0.717) is 6.54 Å². The highest BCUT2D eigenvalue weighted by Gasteiger charge is 2.40. The summed E-state index contributed by atoms with van der Waals surface area (Å²) >= 11 is 0. The molecule has 0 aromatic heterocycles. The molecule has 1 aliphatic carbocycles. The first kappa shape index (κ1) is 17.7. The van der Waals surface area contributed by atoms with Crippen molar-refractivity contribution >= 4 is 15.9 Å². The van der Waals surface area contributed by atoms with E-state index >= 15 is 0 Å². The average molecular weight is 342 g/mol. The lowest BCUT2D eigenvalue weighted by Gasteiger charge is -2.27. The highest BCUT2D eigenvalue weighted by molar-refractivity contribution is 7.90. The Bertz CT molecular complexity index is 678. The Hall–Kier alpha value is -1.63. The predicted molar refractivity (Wildman–Crippen MR) is 87.6 cm³/mol. The summed E-state index contributed by atoms with van der Waals surface area (Å²) in [4.78, 5) is 13.9. The Morgan fingerprint density at radius 1 is 1.48 bits per heavy atom. The number of hydrogen-bond donors (Lipinski definition) is 1. The zero-order chi connectivity index (χ0) is 17.2. The second-order valence-electron chi connectivity index (χ2n) is 6.18. The maximum atomic E-state index is 13.2. The molecule has 1 N–H and O–H groups in total. The van der Waals surface area contributed by atoms with Gasteiger partial charge in [0.25, 0.3) is 0 Å². The first-order valence-corrected chi connectivity index (χ1v) is 9.77. The fourth-order valence-corrected chi connectivity index (χ4v) is 3.94. The van der Waals surface area contributed by atoms with Crippen molar-refractivity contribution in [2.24, 2.45) is 0 Å². The summed E-state index contributed by atoms with van der Waals surface area (Å²) < 4.78 is 36.0. The van der Waals surface area contributed by atoms with Crippen molar-refractivity contribution in [1.29, 1.82) is 0 Å². The third-order valence-corrected chi connectivity index (χ3v) is 5.14. The van der Waals surface area contributed by atoms with E-state index < -0.39 is 9.84 Å². The number of hydrogen-bond acceptors (Lipinski definition) is 3. The molecule has 2 amide bonds. The van der Waals surface area contributed by atoms with Gasteiger partial charge in [-0.15, -0.1) is 0 Å². The van der Waals surface area contributed by atoms with Crippen molar-refractivity contribution < 1.29 is 17.6 Å². The normalized spacial score (nSPS) is 21.6. The lowest BCUT2D eigenvalue weighted by molar-refractivity contribution is 0.187. The van der Waals surface area contributed by atoms with Gasteiger partial charge in [-0.1, -0.05) is 12.1 Å². The van der Waals surface area contributed by atoms with E-state index in [4.69, 9.17) is 0 Å². The van der Waals surface area contributed by atoms with Crippen molar-refractivity contribution in [2.75, 3.05) is 18.6 Å². The molecule has 1 aromatic rings. The number of sulfone groups is 1. The van der Waals surface area contributed by atoms with Gasteiger partial charge in [-0.3, -0.25) is 0 Å². The highest BCUT2D eigenvalue weighted by Crippen LogP contribution is 2.41. The van der Waals surface area contributed by atoms with Gasteiger partial charge in [-0.2, -0.15) is 0 Å². The molecule has 0 heterocycles. The van der Waals surface area contributed by atoms with Crippen LogP contribution in [0.5, 0.6) is 0 Å². The molecule has 5 nitrogen and oxygen atoms in total. The highest BCUT2D eigenvalue weighted by atomic mass is 32.2. The molecule has 1 saturated carbocycles. The first-order chi connectivity index (χ1) is 10.7. The molecule has 1 fully saturated rings. The number of nitrogens with zero attached hydrogens (tertiary/aromatic N) is 1. The van der Waals surface area contributed by atoms with Crippen LogP contribution in [0.2, 0.25) is 0 Å². The third-order valence-electron chi connectivity index (χ3n) is 4.05. The number of nitrogens with one attached hydrogen (secondary N) is 1. The number of urea groups is 1. The molecular formula is C16H23FN2O3S. The van der Waals surface area contributed by atoms with Gasteiger partial charge in [0.2, 0.25) is 0 Å². The summed E-state index contributed by atoms with van der Waals surface area (Å²) in [6.45, 7) is 3.97. The van der Waals surface area contributed by atoms with E-state index in [1.54, 1.807) is 13.0 Å². The molecule has 0 spiro atoms. The summed E-state index contributed by atoms with van der Waals surface area (Å²) in [5.74, 6) is -0.221. The molecule has 0 radical (unpaired) electrons. The molecule has 3 atom stereocenters. The van der Waals surface area contributed by atoms with Gasteiger partial charge in [0.05, 0.1) is 5.75 Å². The van der Waals surface area contributed by atoms with Crippen molar-refractivity contribution in [2.45, 2.75) is 38.3 Å². The van der Waals surface area contributed by atoms with Gasteiger partial charge < -0.3 is 10.2 Å². The van der Waals surface area contributed by atoms with Crippen LogP contribution in [-0.4, -0.2) is 50.0 Å². The van der Waals surface area contributed by atoms with Crippen LogP contribution in [0, 0.1) is 5.82 Å². The smallest absolute Gasteiger partial charge is 0.317 e. The van der Waals surface area contributed by atoms with Crippen LogP contribution in [0.1, 0.15) is 31.7 Å². The van der Waals surface area contributed by atoms with Crippen molar-refractivity contribution in [3.63, 3.8) is 0 Å². The second-order valence-corrected chi connectivity index (χ2v) is 8.37. The molecule has 3 unspecified atom stereocenters. The number of rotatable bonds is 6. The zero-order valence-electron chi connectivity index (χ0n) is 13.6. The van der Waals surface area contributed by atoms with Gasteiger partial charge in [0, 0.05) is 30.8 Å². The van der Waals surface area contributed by atoms with Gasteiger partial charge in [-0.05, 0) is 38.0 Å². The maximum absolute atomic E-state index is 13.2. The van der Waals surface area contributed by atoms with Crippen LogP contribution in [0.3, 0.4) is 0 Å². The maximum Gasteiger partial charge on any atom is 0.317 e. The van der Waals surface area contributed by atoms with E-state index in [1.807, 2.05) is 13.0 Å². The lowest BCUT2D eigenvalue weighted by Crippen LogP contribution is -2.48. The fraction of sp³-hybridized carbons (Fsp3) is 0.562. The Morgan fingerprint density at radius 3 is 2.74 bits per heavy atom. The fourth-order valence-electron chi connectivity index (χ4n) is 2.89. The molecule has 0 aliphatic heterocycles. The number of amides is 2. The molecule has 1 aliphatic rings. The topological polar surface area (TPSA) is 66.5 Å². The Balaban J connectivity index is 1.94. The van der Waals surface area contributed by atoms with Crippen molar-refractivity contribution in [3.8, 4) is 0 Å². The van der Waals surface area contributed by atoms with Gasteiger partial charge in [0.15, 0.2) is 0 Å².